The van der Waals surface area contributed by atoms with E-state index in [-0.39, 0.29) is 4.08 Å². The van der Waals surface area contributed by atoms with Crippen molar-refractivity contribution in [1.29, 1.82) is 0 Å². The molecule has 0 atom stereocenters. The summed E-state index contributed by atoms with van der Waals surface area (Å²) in [5, 5.41) is 0. The van der Waals surface area contributed by atoms with Crippen LogP contribution in [0.15, 0.2) is 0 Å². The van der Waals surface area contributed by atoms with Gasteiger partial charge in [-0.1, -0.05) is 129 Å². The maximum atomic E-state index is 4.81. The second-order valence-electron chi connectivity index (χ2n) is 8.14. The number of hydrogen-bond acceptors (Lipinski definition) is 2. The molecule has 2 heteroatoms. The van der Waals surface area contributed by atoms with Crippen LogP contribution in [-0.2, 0) is 0 Å². The molecule has 152 valence electrons. The summed E-state index contributed by atoms with van der Waals surface area (Å²) >= 11 is 9.62. The molecule has 0 spiro atoms. The van der Waals surface area contributed by atoms with Crippen molar-refractivity contribution in [3.05, 3.63) is 0 Å². The molecule has 0 aromatic rings. The van der Waals surface area contributed by atoms with Gasteiger partial charge in [0.2, 0.25) is 0 Å². The Labute approximate surface area is 171 Å². The Hall–Kier alpha value is 0.700. The third-order valence-corrected chi connectivity index (χ3v) is 6.26. The minimum absolute atomic E-state index is 0.0251. The second kappa shape index (κ2) is 19.5. The summed E-state index contributed by atoms with van der Waals surface area (Å²) in [6.45, 7) is 4.57. The predicted molar refractivity (Wildman–Crippen MR) is 124 cm³/mol. The normalized spacial score (nSPS) is 12.0. The standard InChI is InChI=1S/C23H48S2/c1-3-5-7-9-11-12-13-14-16-18-20-22-23(24,25)21-19-17-15-10-8-6-4-2/h24-25H,3-22H2,1-2H3. The monoisotopic (exact) mass is 388 g/mol. The van der Waals surface area contributed by atoms with Crippen LogP contribution in [0.5, 0.6) is 0 Å². The van der Waals surface area contributed by atoms with Crippen LogP contribution in [0.3, 0.4) is 0 Å². The molecule has 0 aliphatic heterocycles. The van der Waals surface area contributed by atoms with E-state index in [9.17, 15) is 0 Å². The lowest BCUT2D eigenvalue weighted by Crippen LogP contribution is -2.12. The summed E-state index contributed by atoms with van der Waals surface area (Å²) in [5.74, 6) is 0. The average molecular weight is 389 g/mol. The highest BCUT2D eigenvalue weighted by atomic mass is 32.2. The lowest BCUT2D eigenvalue weighted by molar-refractivity contribution is 0.517. The Balaban J connectivity index is 3.30. The lowest BCUT2D eigenvalue weighted by Gasteiger charge is -2.22. The van der Waals surface area contributed by atoms with Gasteiger partial charge in [0.25, 0.3) is 0 Å². The van der Waals surface area contributed by atoms with Gasteiger partial charge in [0.1, 0.15) is 0 Å². The van der Waals surface area contributed by atoms with Crippen LogP contribution in [-0.4, -0.2) is 4.08 Å². The molecule has 0 bridgehead atoms. The molecular weight excluding hydrogens is 340 g/mol. The largest absolute Gasteiger partial charge is 0.162 e. The zero-order chi connectivity index (χ0) is 18.6. The summed E-state index contributed by atoms with van der Waals surface area (Å²) in [6, 6.07) is 0. The van der Waals surface area contributed by atoms with E-state index in [1.54, 1.807) is 0 Å². The van der Waals surface area contributed by atoms with Crippen molar-refractivity contribution in [2.45, 2.75) is 146 Å². The van der Waals surface area contributed by atoms with Crippen molar-refractivity contribution in [3.63, 3.8) is 0 Å². The molecule has 25 heavy (non-hydrogen) atoms. The number of unbranched alkanes of at least 4 members (excludes halogenated alkanes) is 16. The van der Waals surface area contributed by atoms with Gasteiger partial charge in [-0.25, -0.2) is 0 Å². The van der Waals surface area contributed by atoms with Gasteiger partial charge in [-0.3, -0.25) is 0 Å². The van der Waals surface area contributed by atoms with Crippen molar-refractivity contribution >= 4 is 25.3 Å². The summed E-state index contributed by atoms with van der Waals surface area (Å²) in [7, 11) is 0. The summed E-state index contributed by atoms with van der Waals surface area (Å²) in [5.41, 5.74) is 0. The molecule has 0 aliphatic rings. The van der Waals surface area contributed by atoms with Gasteiger partial charge in [-0.15, -0.1) is 0 Å². The van der Waals surface area contributed by atoms with Crippen molar-refractivity contribution in [1.82, 2.24) is 0 Å². The lowest BCUT2D eigenvalue weighted by atomic mass is 10.0. The molecule has 0 radical (unpaired) electrons. The first-order valence-corrected chi connectivity index (χ1v) is 12.5. The molecule has 0 saturated heterocycles. The molecule has 0 aliphatic carbocycles. The van der Waals surface area contributed by atoms with Gasteiger partial charge < -0.3 is 0 Å². The van der Waals surface area contributed by atoms with Crippen LogP contribution in [0, 0.1) is 0 Å². The number of thiol groups is 2. The van der Waals surface area contributed by atoms with Crippen molar-refractivity contribution in [3.8, 4) is 0 Å². The fourth-order valence-corrected chi connectivity index (χ4v) is 4.20. The van der Waals surface area contributed by atoms with Gasteiger partial charge in [0.15, 0.2) is 0 Å². The highest BCUT2D eigenvalue weighted by Crippen LogP contribution is 2.33. The number of hydrogen-bond donors (Lipinski definition) is 2. The molecule has 0 aromatic heterocycles. The number of rotatable bonds is 20. The van der Waals surface area contributed by atoms with Crippen LogP contribution < -0.4 is 0 Å². The second-order valence-corrected chi connectivity index (χ2v) is 10.2. The molecule has 0 saturated carbocycles. The Morgan fingerprint density at radius 3 is 0.920 bits per heavy atom. The Kier molecular flexibility index (Phi) is 20.0. The Bertz CT molecular complexity index is 250. The molecular formula is C23H48S2. The molecule has 0 nitrogen and oxygen atoms in total. The fraction of sp³-hybridized carbons (Fsp3) is 1.00. The Morgan fingerprint density at radius 2 is 0.640 bits per heavy atom. The van der Waals surface area contributed by atoms with Gasteiger partial charge in [-0.2, -0.15) is 25.3 Å². The van der Waals surface area contributed by atoms with E-state index in [1.807, 2.05) is 0 Å². The zero-order valence-corrected chi connectivity index (χ0v) is 19.3. The van der Waals surface area contributed by atoms with Crippen LogP contribution >= 0.6 is 25.3 Å². The molecule has 0 rings (SSSR count). The summed E-state index contributed by atoms with van der Waals surface area (Å²) in [4.78, 5) is 0. The highest BCUT2D eigenvalue weighted by Gasteiger charge is 2.18. The molecule has 0 N–H and O–H groups in total. The molecule has 0 fully saturated rings. The van der Waals surface area contributed by atoms with Crippen molar-refractivity contribution < 1.29 is 0 Å². The maximum Gasteiger partial charge on any atom is 0.0552 e. The van der Waals surface area contributed by atoms with Gasteiger partial charge >= 0.3 is 0 Å². The molecule has 0 unspecified atom stereocenters. The van der Waals surface area contributed by atoms with Crippen molar-refractivity contribution in [2.75, 3.05) is 0 Å². The quantitative estimate of drug-likeness (QED) is 0.116. The van der Waals surface area contributed by atoms with E-state index in [2.05, 4.69) is 13.8 Å². The smallest absolute Gasteiger partial charge is 0.0552 e. The van der Waals surface area contributed by atoms with Crippen LogP contribution in [0.25, 0.3) is 0 Å². The maximum absolute atomic E-state index is 4.81. The molecule has 0 aromatic carbocycles. The van der Waals surface area contributed by atoms with Crippen LogP contribution in [0.2, 0.25) is 0 Å². The third kappa shape index (κ3) is 20.9. The highest BCUT2D eigenvalue weighted by molar-refractivity contribution is 8.00. The SMILES string of the molecule is CCCCCCCCCCCCCC(S)(S)CCCCCCCCC. The van der Waals surface area contributed by atoms with Crippen LogP contribution in [0.1, 0.15) is 142 Å². The topological polar surface area (TPSA) is 0 Å². The fourth-order valence-electron chi connectivity index (χ4n) is 3.56. The van der Waals surface area contributed by atoms with Crippen LogP contribution in [0.4, 0.5) is 0 Å². The molecule has 0 amide bonds. The third-order valence-electron chi connectivity index (χ3n) is 5.36. The predicted octanol–water partition coefficient (Wildman–Crippen LogP) is 9.38. The van der Waals surface area contributed by atoms with Gasteiger partial charge in [-0.05, 0) is 12.8 Å². The van der Waals surface area contributed by atoms with E-state index in [4.69, 9.17) is 25.3 Å². The Morgan fingerprint density at radius 1 is 0.400 bits per heavy atom. The minimum atomic E-state index is -0.0251. The first-order valence-electron chi connectivity index (χ1n) is 11.6. The van der Waals surface area contributed by atoms with Crippen molar-refractivity contribution in [2.24, 2.45) is 0 Å². The van der Waals surface area contributed by atoms with Gasteiger partial charge in [0.05, 0.1) is 4.08 Å². The first-order chi connectivity index (χ1) is 12.1. The zero-order valence-electron chi connectivity index (χ0n) is 17.5. The first kappa shape index (κ1) is 25.7. The summed E-state index contributed by atoms with van der Waals surface area (Å²) < 4.78 is -0.0251. The molecule has 0 heterocycles. The average Bonchev–Trinajstić information content (AvgIpc) is 2.59. The van der Waals surface area contributed by atoms with E-state index < -0.39 is 0 Å². The van der Waals surface area contributed by atoms with E-state index in [0.29, 0.717) is 0 Å². The van der Waals surface area contributed by atoms with Gasteiger partial charge in [0, 0.05) is 0 Å². The van der Waals surface area contributed by atoms with E-state index >= 15 is 0 Å². The summed E-state index contributed by atoms with van der Waals surface area (Å²) in [6.07, 6.45) is 27.5. The van der Waals surface area contributed by atoms with E-state index in [1.165, 1.54) is 128 Å². The van der Waals surface area contributed by atoms with E-state index in [0.717, 1.165) is 0 Å². The minimum Gasteiger partial charge on any atom is -0.162 e.